The summed E-state index contributed by atoms with van der Waals surface area (Å²) in [5.41, 5.74) is 0.562. The molecule has 0 aliphatic heterocycles. The van der Waals surface area contributed by atoms with Crippen LogP contribution in [0, 0.1) is 5.21 Å². The summed E-state index contributed by atoms with van der Waals surface area (Å²) in [6.45, 7) is 0. The van der Waals surface area contributed by atoms with Gasteiger partial charge in [0.1, 0.15) is 0 Å². The lowest BCUT2D eigenvalue weighted by Gasteiger charge is -2.04. The molecule has 6 nitrogen and oxygen atoms in total. The van der Waals surface area contributed by atoms with Crippen LogP contribution in [0.1, 0.15) is 10.6 Å². The fourth-order valence-corrected chi connectivity index (χ4v) is 1.11. The minimum Gasteiger partial charge on any atom is -0.710 e. The van der Waals surface area contributed by atoms with Crippen molar-refractivity contribution in [1.82, 2.24) is 9.97 Å². The number of fused-ring (bicyclic) bond motifs is 1. The number of nitrogens with zero attached hydrogens (tertiary/aromatic N) is 3. The Morgan fingerprint density at radius 2 is 2.29 bits per heavy atom. The zero-order valence-electron chi connectivity index (χ0n) is 6.91. The molecule has 0 aliphatic carbocycles. The number of rotatable bonds is 1. The fraction of sp³-hybridized carbons (Fsp3) is 0. The van der Waals surface area contributed by atoms with Crippen LogP contribution in [0.15, 0.2) is 24.5 Å². The van der Waals surface area contributed by atoms with E-state index in [-0.39, 0.29) is 10.2 Å². The molecule has 14 heavy (non-hydrogen) atoms. The summed E-state index contributed by atoms with van der Waals surface area (Å²) in [4.78, 5) is 17.9. The summed E-state index contributed by atoms with van der Waals surface area (Å²) in [5, 5.41) is 20.0. The molecule has 0 saturated heterocycles. The maximum atomic E-state index is 11.4. The number of carbonyl (C=O) groups is 1. The van der Waals surface area contributed by atoms with E-state index in [1.807, 2.05) is 0 Å². The molecular weight excluding hydrogens is 186 g/mol. The molecule has 0 aliphatic rings. The van der Waals surface area contributed by atoms with Crippen molar-refractivity contribution in [3.63, 3.8) is 0 Å². The number of aromatic nitrogens is 3. The smallest absolute Gasteiger partial charge is 0.424 e. The highest BCUT2D eigenvalue weighted by atomic mass is 16.5. The number of pyridine rings is 1. The molecule has 6 heteroatoms. The van der Waals surface area contributed by atoms with Crippen LogP contribution in [0.5, 0.6) is 0 Å². The zero-order chi connectivity index (χ0) is 10.1. The molecule has 0 bridgehead atoms. The van der Waals surface area contributed by atoms with Gasteiger partial charge in [0, 0.05) is 6.20 Å². The maximum Gasteiger partial charge on any atom is 0.424 e. The molecule has 1 N–H and O–H groups in total. The maximum absolute atomic E-state index is 11.4. The van der Waals surface area contributed by atoms with Gasteiger partial charge in [-0.3, -0.25) is 0 Å². The van der Waals surface area contributed by atoms with Gasteiger partial charge in [-0.2, -0.15) is 0 Å². The second-order valence-electron chi connectivity index (χ2n) is 2.59. The number of hydrogen-bond acceptors (Lipinski definition) is 4. The van der Waals surface area contributed by atoms with Gasteiger partial charge in [-0.1, -0.05) is 0 Å². The number of carboxylic acids is 1. The van der Waals surface area contributed by atoms with Crippen molar-refractivity contribution in [2.24, 2.45) is 0 Å². The van der Waals surface area contributed by atoms with E-state index in [0.717, 1.165) is 0 Å². The SMILES string of the molecule is O=C(O)c1ncc2ncccc2[n+]1[O-]. The van der Waals surface area contributed by atoms with E-state index in [0.29, 0.717) is 5.52 Å². The van der Waals surface area contributed by atoms with Crippen molar-refractivity contribution >= 4 is 17.0 Å². The van der Waals surface area contributed by atoms with Gasteiger partial charge >= 0.3 is 11.8 Å². The highest BCUT2D eigenvalue weighted by Gasteiger charge is 2.19. The van der Waals surface area contributed by atoms with E-state index in [2.05, 4.69) is 9.97 Å². The highest BCUT2D eigenvalue weighted by molar-refractivity contribution is 5.83. The molecule has 0 spiro atoms. The minimum atomic E-state index is -1.36. The highest BCUT2D eigenvalue weighted by Crippen LogP contribution is 2.03. The summed E-state index contributed by atoms with van der Waals surface area (Å²) in [6, 6.07) is 3.05. The van der Waals surface area contributed by atoms with E-state index in [1.165, 1.54) is 18.5 Å². The Hall–Kier alpha value is -2.24. The first kappa shape index (κ1) is 8.36. The van der Waals surface area contributed by atoms with Gasteiger partial charge in [0.05, 0.1) is 0 Å². The van der Waals surface area contributed by atoms with Crippen LogP contribution in [-0.4, -0.2) is 21.0 Å². The van der Waals surface area contributed by atoms with E-state index >= 15 is 0 Å². The van der Waals surface area contributed by atoms with Gasteiger partial charge < -0.3 is 10.3 Å². The van der Waals surface area contributed by atoms with Crippen molar-refractivity contribution in [2.75, 3.05) is 0 Å². The summed E-state index contributed by atoms with van der Waals surface area (Å²) < 4.78 is 0.255. The second-order valence-corrected chi connectivity index (χ2v) is 2.59. The number of hydrogen-bond donors (Lipinski definition) is 1. The van der Waals surface area contributed by atoms with Crippen molar-refractivity contribution < 1.29 is 14.6 Å². The first-order valence-electron chi connectivity index (χ1n) is 3.77. The minimum absolute atomic E-state index is 0.194. The van der Waals surface area contributed by atoms with Crippen molar-refractivity contribution in [3.8, 4) is 0 Å². The number of aromatic carboxylic acids is 1. The predicted molar refractivity (Wildman–Crippen MR) is 45.5 cm³/mol. The molecule has 0 fully saturated rings. The summed E-state index contributed by atoms with van der Waals surface area (Å²) >= 11 is 0. The Morgan fingerprint density at radius 1 is 1.50 bits per heavy atom. The van der Waals surface area contributed by atoms with Gasteiger partial charge in [0.15, 0.2) is 17.2 Å². The molecule has 0 atom stereocenters. The van der Waals surface area contributed by atoms with Crippen LogP contribution >= 0.6 is 0 Å². The third-order valence-corrected chi connectivity index (χ3v) is 1.73. The predicted octanol–water partition coefficient (Wildman–Crippen LogP) is -0.0386. The van der Waals surface area contributed by atoms with Crippen LogP contribution in [0.2, 0.25) is 0 Å². The van der Waals surface area contributed by atoms with Crippen LogP contribution in [-0.2, 0) is 0 Å². The van der Waals surface area contributed by atoms with Gasteiger partial charge in [-0.05, 0) is 17.1 Å². The molecule has 2 heterocycles. The van der Waals surface area contributed by atoms with Crippen LogP contribution in [0.25, 0.3) is 11.0 Å². The molecule has 0 unspecified atom stereocenters. The van der Waals surface area contributed by atoms with Crippen LogP contribution in [0.4, 0.5) is 0 Å². The van der Waals surface area contributed by atoms with Crippen molar-refractivity contribution in [1.29, 1.82) is 0 Å². The molecule has 0 aromatic carbocycles. The topological polar surface area (TPSA) is 90.0 Å². The third-order valence-electron chi connectivity index (χ3n) is 1.73. The van der Waals surface area contributed by atoms with Gasteiger partial charge in [0.25, 0.3) is 0 Å². The van der Waals surface area contributed by atoms with E-state index in [9.17, 15) is 10.0 Å². The fourth-order valence-electron chi connectivity index (χ4n) is 1.11. The molecule has 2 aromatic rings. The monoisotopic (exact) mass is 191 g/mol. The normalized spacial score (nSPS) is 10.3. The largest absolute Gasteiger partial charge is 0.710 e. The lowest BCUT2D eigenvalue weighted by Crippen LogP contribution is -2.36. The Labute approximate surface area is 78.1 Å². The van der Waals surface area contributed by atoms with E-state index < -0.39 is 11.8 Å². The molecule has 0 amide bonds. The van der Waals surface area contributed by atoms with Gasteiger partial charge in [-0.25, -0.2) is 14.5 Å². The molecule has 0 radical (unpaired) electrons. The molecule has 2 rings (SSSR count). The summed E-state index contributed by atoms with van der Waals surface area (Å²) in [5.74, 6) is -1.91. The third kappa shape index (κ3) is 1.13. The van der Waals surface area contributed by atoms with Crippen LogP contribution in [0.3, 0.4) is 0 Å². The molecule has 2 aromatic heterocycles. The Morgan fingerprint density at radius 3 is 3.00 bits per heavy atom. The standard InChI is InChI=1S/C8H5N3O3/c12-8(13)7-10-4-5-6(11(7)14)2-1-3-9-5/h1-4H,(H,12,13). The first-order valence-corrected chi connectivity index (χ1v) is 3.77. The molecule has 70 valence electrons. The van der Waals surface area contributed by atoms with E-state index in [4.69, 9.17) is 5.11 Å². The van der Waals surface area contributed by atoms with E-state index in [1.54, 1.807) is 6.07 Å². The molecular formula is C8H5N3O3. The Balaban J connectivity index is 2.81. The Bertz CT molecular complexity index is 512. The summed E-state index contributed by atoms with van der Waals surface area (Å²) in [7, 11) is 0. The van der Waals surface area contributed by atoms with Crippen LogP contribution < -0.4 is 4.73 Å². The van der Waals surface area contributed by atoms with Gasteiger partial charge in [-0.15, -0.1) is 0 Å². The quantitative estimate of drug-likeness (QED) is 0.504. The second kappa shape index (κ2) is 2.91. The Kier molecular flexibility index (Phi) is 1.74. The van der Waals surface area contributed by atoms with Gasteiger partial charge in [0.2, 0.25) is 0 Å². The average molecular weight is 191 g/mol. The molecule has 0 saturated carbocycles. The van der Waals surface area contributed by atoms with Crippen molar-refractivity contribution in [3.05, 3.63) is 35.6 Å². The number of carboxylic acid groups (broad SMARTS) is 1. The zero-order valence-corrected chi connectivity index (χ0v) is 6.91. The lowest BCUT2D eigenvalue weighted by molar-refractivity contribution is -0.583. The van der Waals surface area contributed by atoms with Crippen molar-refractivity contribution in [2.45, 2.75) is 0 Å². The first-order chi connectivity index (χ1) is 6.70. The summed E-state index contributed by atoms with van der Waals surface area (Å²) in [6.07, 6.45) is 2.76. The lowest BCUT2D eigenvalue weighted by atomic mass is 10.3. The average Bonchev–Trinajstić information content (AvgIpc) is 2.18.